The van der Waals surface area contributed by atoms with E-state index in [2.05, 4.69) is 10.0 Å². The van der Waals surface area contributed by atoms with Gasteiger partial charge in [-0.1, -0.05) is 29.8 Å². The van der Waals surface area contributed by atoms with Gasteiger partial charge in [0.25, 0.3) is 5.91 Å². The van der Waals surface area contributed by atoms with Gasteiger partial charge in [0, 0.05) is 28.2 Å². The van der Waals surface area contributed by atoms with E-state index in [-0.39, 0.29) is 17.3 Å². The first-order valence-electron chi connectivity index (χ1n) is 7.57. The van der Waals surface area contributed by atoms with Gasteiger partial charge in [0.2, 0.25) is 10.0 Å². The number of hydrogen-bond donors (Lipinski definition) is 2. The van der Waals surface area contributed by atoms with Crippen molar-refractivity contribution in [3.8, 4) is 0 Å². The Labute approximate surface area is 149 Å². The van der Waals surface area contributed by atoms with Crippen molar-refractivity contribution in [3.63, 3.8) is 0 Å². The average molecular weight is 373 g/mol. The Morgan fingerprint density at radius 2 is 1.76 bits per heavy atom. The molecule has 4 rings (SSSR count). The molecule has 0 saturated carbocycles. The Kier molecular flexibility index (Phi) is 3.76. The summed E-state index contributed by atoms with van der Waals surface area (Å²) in [7, 11) is -3.65. The summed E-state index contributed by atoms with van der Waals surface area (Å²) in [6.45, 7) is 0.124. The van der Waals surface area contributed by atoms with E-state index in [9.17, 15) is 13.2 Å². The van der Waals surface area contributed by atoms with E-state index in [4.69, 9.17) is 11.6 Å². The Morgan fingerprint density at radius 1 is 1.00 bits per heavy atom. The summed E-state index contributed by atoms with van der Waals surface area (Å²) in [5.74, 6) is -0.139. The lowest BCUT2D eigenvalue weighted by Gasteiger charge is -2.10. The van der Waals surface area contributed by atoms with Gasteiger partial charge in [-0.25, -0.2) is 13.1 Å². The van der Waals surface area contributed by atoms with Gasteiger partial charge in [-0.15, -0.1) is 0 Å². The molecule has 1 aliphatic heterocycles. The molecule has 3 aromatic rings. The van der Waals surface area contributed by atoms with Crippen molar-refractivity contribution >= 4 is 44.0 Å². The van der Waals surface area contributed by atoms with Crippen LogP contribution in [0, 0.1) is 0 Å². The first-order valence-corrected chi connectivity index (χ1v) is 9.43. The normalized spacial score (nSPS) is 13.2. The van der Waals surface area contributed by atoms with Gasteiger partial charge in [-0.05, 0) is 47.3 Å². The maximum absolute atomic E-state index is 12.4. The van der Waals surface area contributed by atoms with Crippen molar-refractivity contribution in [1.29, 1.82) is 0 Å². The van der Waals surface area contributed by atoms with Crippen LogP contribution in [-0.2, 0) is 16.6 Å². The lowest BCUT2D eigenvalue weighted by Crippen LogP contribution is -2.23. The lowest BCUT2D eigenvalue weighted by atomic mass is 10.0. The summed E-state index contributed by atoms with van der Waals surface area (Å²) in [5.41, 5.74) is 2.16. The number of carbonyl (C=O) groups is 1. The summed E-state index contributed by atoms with van der Waals surface area (Å²) in [5, 5.41) is 4.97. The molecule has 5 nitrogen and oxygen atoms in total. The molecule has 0 bridgehead atoms. The minimum absolute atomic E-state index is 0.124. The molecule has 1 heterocycles. The number of nitrogens with one attached hydrogen (secondary N) is 2. The van der Waals surface area contributed by atoms with Crippen LogP contribution in [0.4, 0.5) is 5.69 Å². The smallest absolute Gasteiger partial charge is 0.256 e. The number of sulfonamides is 1. The van der Waals surface area contributed by atoms with Crippen LogP contribution in [0.1, 0.15) is 15.9 Å². The number of hydrogen-bond acceptors (Lipinski definition) is 3. The predicted molar refractivity (Wildman–Crippen MR) is 97.4 cm³/mol. The molecule has 7 heteroatoms. The summed E-state index contributed by atoms with van der Waals surface area (Å²) < 4.78 is 27.5. The molecule has 3 aromatic carbocycles. The molecule has 25 heavy (non-hydrogen) atoms. The first kappa shape index (κ1) is 16.1. The first-order chi connectivity index (χ1) is 12.0. The molecule has 0 unspecified atom stereocenters. The second kappa shape index (κ2) is 5.84. The number of amides is 1. The van der Waals surface area contributed by atoms with Crippen LogP contribution < -0.4 is 10.0 Å². The third kappa shape index (κ3) is 2.78. The fourth-order valence-corrected chi connectivity index (χ4v) is 4.11. The summed E-state index contributed by atoms with van der Waals surface area (Å²) in [6.07, 6.45) is 0. The number of anilines is 1. The van der Waals surface area contributed by atoms with E-state index in [1.165, 1.54) is 24.3 Å². The van der Waals surface area contributed by atoms with Crippen LogP contribution in [0.5, 0.6) is 0 Å². The Bertz CT molecular complexity index is 1110. The van der Waals surface area contributed by atoms with Crippen molar-refractivity contribution in [2.24, 2.45) is 0 Å². The molecule has 0 saturated heterocycles. The SMILES string of the molecule is O=C1Nc2ccc(CNS(=O)(=O)c3ccc(Cl)cc3)c3cccc1c23. The molecule has 0 atom stereocenters. The molecule has 0 spiro atoms. The Balaban J connectivity index is 1.67. The lowest BCUT2D eigenvalue weighted by molar-refractivity contribution is 0.103. The maximum Gasteiger partial charge on any atom is 0.256 e. The molecule has 2 N–H and O–H groups in total. The molecule has 0 fully saturated rings. The van der Waals surface area contributed by atoms with Gasteiger partial charge in [0.1, 0.15) is 0 Å². The van der Waals surface area contributed by atoms with E-state index in [0.717, 1.165) is 22.0 Å². The third-order valence-electron chi connectivity index (χ3n) is 4.20. The largest absolute Gasteiger partial charge is 0.321 e. The van der Waals surface area contributed by atoms with Crippen LogP contribution in [0.15, 0.2) is 59.5 Å². The minimum Gasteiger partial charge on any atom is -0.321 e. The highest BCUT2D eigenvalue weighted by Crippen LogP contribution is 2.34. The second-order valence-electron chi connectivity index (χ2n) is 5.73. The zero-order chi connectivity index (χ0) is 17.6. The molecule has 0 aromatic heterocycles. The number of carbonyl (C=O) groups excluding carboxylic acids is 1. The fraction of sp³-hybridized carbons (Fsp3) is 0.0556. The summed E-state index contributed by atoms with van der Waals surface area (Å²) in [6, 6.07) is 15.0. The molecular formula is C18H13ClN2O3S. The second-order valence-corrected chi connectivity index (χ2v) is 7.94. The average Bonchev–Trinajstić information content (AvgIpc) is 2.93. The van der Waals surface area contributed by atoms with Crippen LogP contribution in [-0.4, -0.2) is 14.3 Å². The van der Waals surface area contributed by atoms with Crippen LogP contribution in [0.2, 0.25) is 5.02 Å². The monoisotopic (exact) mass is 372 g/mol. The van der Waals surface area contributed by atoms with Gasteiger partial charge in [-0.3, -0.25) is 4.79 Å². The van der Waals surface area contributed by atoms with Crippen molar-refractivity contribution < 1.29 is 13.2 Å². The Morgan fingerprint density at radius 3 is 2.52 bits per heavy atom. The van der Waals surface area contributed by atoms with Crippen molar-refractivity contribution in [2.45, 2.75) is 11.4 Å². The quantitative estimate of drug-likeness (QED) is 0.735. The van der Waals surface area contributed by atoms with Gasteiger partial charge < -0.3 is 5.32 Å². The number of rotatable bonds is 4. The Hall–Kier alpha value is -2.41. The van der Waals surface area contributed by atoms with Crippen molar-refractivity contribution in [2.75, 3.05) is 5.32 Å². The summed E-state index contributed by atoms with van der Waals surface area (Å²) >= 11 is 5.80. The highest BCUT2D eigenvalue weighted by atomic mass is 35.5. The topological polar surface area (TPSA) is 75.3 Å². The highest BCUT2D eigenvalue weighted by molar-refractivity contribution is 7.89. The van der Waals surface area contributed by atoms with Crippen molar-refractivity contribution in [3.05, 3.63) is 70.7 Å². The van der Waals surface area contributed by atoms with Crippen molar-refractivity contribution in [1.82, 2.24) is 4.72 Å². The van der Waals surface area contributed by atoms with Gasteiger partial charge in [0.05, 0.1) is 4.90 Å². The highest BCUT2D eigenvalue weighted by Gasteiger charge is 2.22. The van der Waals surface area contributed by atoms with E-state index in [1.807, 2.05) is 12.1 Å². The molecule has 0 radical (unpaired) electrons. The third-order valence-corrected chi connectivity index (χ3v) is 5.87. The van der Waals surface area contributed by atoms with Crippen LogP contribution in [0.25, 0.3) is 10.8 Å². The van der Waals surface area contributed by atoms with Gasteiger partial charge in [0.15, 0.2) is 0 Å². The number of halogens is 1. The van der Waals surface area contributed by atoms with E-state index >= 15 is 0 Å². The maximum atomic E-state index is 12.4. The van der Waals surface area contributed by atoms with Gasteiger partial charge in [-0.2, -0.15) is 0 Å². The minimum atomic E-state index is -3.65. The van der Waals surface area contributed by atoms with E-state index < -0.39 is 10.0 Å². The molecule has 0 aliphatic carbocycles. The molecule has 1 aliphatic rings. The predicted octanol–water partition coefficient (Wildman–Crippen LogP) is 3.54. The number of benzene rings is 3. The zero-order valence-corrected chi connectivity index (χ0v) is 14.5. The summed E-state index contributed by atoms with van der Waals surface area (Å²) in [4.78, 5) is 12.1. The zero-order valence-electron chi connectivity index (χ0n) is 12.9. The van der Waals surface area contributed by atoms with E-state index in [0.29, 0.717) is 10.6 Å². The standard InChI is InChI=1S/C18H13ClN2O3S/c19-12-5-7-13(8-6-12)25(23,24)20-10-11-4-9-16-17-14(11)2-1-3-15(17)18(22)21-16/h1-9,20H,10H2,(H,21,22). The molecule has 1 amide bonds. The van der Waals surface area contributed by atoms with Crippen LogP contribution in [0.3, 0.4) is 0 Å². The fourth-order valence-electron chi connectivity index (χ4n) is 2.97. The molecule has 126 valence electrons. The van der Waals surface area contributed by atoms with E-state index in [1.54, 1.807) is 18.2 Å². The van der Waals surface area contributed by atoms with Gasteiger partial charge >= 0.3 is 0 Å². The van der Waals surface area contributed by atoms with Crippen LogP contribution >= 0.6 is 11.6 Å². The molecular weight excluding hydrogens is 360 g/mol.